The van der Waals surface area contributed by atoms with Gasteiger partial charge in [0, 0.05) is 37.0 Å². The molecule has 0 radical (unpaired) electrons. The van der Waals surface area contributed by atoms with Gasteiger partial charge in [-0.1, -0.05) is 41.0 Å². The lowest BCUT2D eigenvalue weighted by atomic mass is 10.1. The number of hydrogen-bond acceptors (Lipinski definition) is 5. The molecule has 31 heavy (non-hydrogen) atoms. The van der Waals surface area contributed by atoms with E-state index in [-0.39, 0.29) is 23.7 Å². The van der Waals surface area contributed by atoms with Gasteiger partial charge in [0.15, 0.2) is 0 Å². The van der Waals surface area contributed by atoms with Gasteiger partial charge in [-0.05, 0) is 47.7 Å². The third-order valence-corrected chi connectivity index (χ3v) is 5.27. The van der Waals surface area contributed by atoms with E-state index < -0.39 is 0 Å². The Labute approximate surface area is 183 Å². The topological polar surface area (TPSA) is 92.1 Å². The van der Waals surface area contributed by atoms with Crippen LogP contribution in [0.2, 0.25) is 5.02 Å². The smallest absolute Gasteiger partial charge is 0.259 e. The maximum atomic E-state index is 12.5. The molecule has 0 saturated carbocycles. The molecule has 2 aromatic carbocycles. The lowest BCUT2D eigenvalue weighted by molar-refractivity contribution is -0.130. The maximum absolute atomic E-state index is 12.5. The molecule has 2 heterocycles. The summed E-state index contributed by atoms with van der Waals surface area (Å²) in [6, 6.07) is 14.9. The van der Waals surface area contributed by atoms with E-state index in [4.69, 9.17) is 16.1 Å². The van der Waals surface area contributed by atoms with Gasteiger partial charge < -0.3 is 14.4 Å². The number of benzene rings is 2. The highest BCUT2D eigenvalue weighted by Crippen LogP contribution is 2.19. The van der Waals surface area contributed by atoms with Gasteiger partial charge in [0.1, 0.15) is 0 Å². The molecule has 4 rings (SSSR count). The van der Waals surface area contributed by atoms with Gasteiger partial charge >= 0.3 is 0 Å². The number of halogens is 1. The molecule has 0 fully saturated rings. The quantitative estimate of drug-likeness (QED) is 0.490. The minimum atomic E-state index is -0.288. The lowest BCUT2D eigenvalue weighted by Gasteiger charge is -2.16. The van der Waals surface area contributed by atoms with Gasteiger partial charge in [0.2, 0.25) is 17.6 Å². The number of carbonyl (C=O) groups is 1. The van der Waals surface area contributed by atoms with Gasteiger partial charge in [-0.2, -0.15) is 4.98 Å². The first-order valence-corrected chi connectivity index (χ1v) is 10.2. The second-order valence-electron chi connectivity index (χ2n) is 7.49. The first-order chi connectivity index (χ1) is 14.9. The number of aryl methyl sites for hydroxylation is 2. The highest BCUT2D eigenvalue weighted by Gasteiger charge is 2.16. The van der Waals surface area contributed by atoms with Gasteiger partial charge in [0.05, 0.1) is 5.56 Å². The van der Waals surface area contributed by atoms with E-state index in [0.717, 1.165) is 22.0 Å². The Morgan fingerprint density at radius 1 is 1.16 bits per heavy atom. The summed E-state index contributed by atoms with van der Waals surface area (Å²) in [5, 5.41) is 5.46. The molecule has 2 aromatic heterocycles. The SMILES string of the molecule is Cc1ccc2cc(-c3noc(CCC(=O)N(C)Cc4ccc(Cl)cc4)n3)c(=O)[nH]c2c1. The van der Waals surface area contributed by atoms with Crippen LogP contribution in [-0.2, 0) is 17.8 Å². The van der Waals surface area contributed by atoms with E-state index in [1.807, 2.05) is 37.3 Å². The molecular formula is C23H21ClN4O3. The van der Waals surface area contributed by atoms with Crippen molar-refractivity contribution in [3.63, 3.8) is 0 Å². The van der Waals surface area contributed by atoms with Crippen LogP contribution in [0.1, 0.15) is 23.4 Å². The third kappa shape index (κ3) is 4.83. The van der Waals surface area contributed by atoms with Crippen LogP contribution < -0.4 is 5.56 Å². The molecule has 0 bridgehead atoms. The predicted octanol–water partition coefficient (Wildman–Crippen LogP) is 4.13. The van der Waals surface area contributed by atoms with Crippen LogP contribution in [0.15, 0.2) is 57.8 Å². The molecule has 0 saturated heterocycles. The number of nitrogens with one attached hydrogen (secondary N) is 1. The molecular weight excluding hydrogens is 416 g/mol. The van der Waals surface area contributed by atoms with E-state index in [1.165, 1.54) is 0 Å². The molecule has 0 aliphatic carbocycles. The Kier molecular flexibility index (Phi) is 5.86. The van der Waals surface area contributed by atoms with Gasteiger partial charge in [-0.25, -0.2) is 0 Å². The first-order valence-electron chi connectivity index (χ1n) is 9.84. The number of nitrogens with zero attached hydrogens (tertiary/aromatic N) is 3. The minimum Gasteiger partial charge on any atom is -0.341 e. The van der Waals surface area contributed by atoms with E-state index in [9.17, 15) is 9.59 Å². The third-order valence-electron chi connectivity index (χ3n) is 5.02. The Morgan fingerprint density at radius 3 is 2.71 bits per heavy atom. The summed E-state index contributed by atoms with van der Waals surface area (Å²) in [6.07, 6.45) is 0.514. The van der Waals surface area contributed by atoms with Crippen molar-refractivity contribution >= 4 is 28.4 Å². The van der Waals surface area contributed by atoms with Crippen molar-refractivity contribution < 1.29 is 9.32 Å². The van der Waals surface area contributed by atoms with Crippen molar-refractivity contribution in [3.8, 4) is 11.4 Å². The number of pyridine rings is 1. The average Bonchev–Trinajstić information content (AvgIpc) is 3.21. The fourth-order valence-corrected chi connectivity index (χ4v) is 3.43. The van der Waals surface area contributed by atoms with Crippen LogP contribution in [0, 0.1) is 6.92 Å². The highest BCUT2D eigenvalue weighted by molar-refractivity contribution is 6.30. The number of hydrogen-bond donors (Lipinski definition) is 1. The molecule has 0 unspecified atom stereocenters. The van der Waals surface area contributed by atoms with Crippen LogP contribution in [0.4, 0.5) is 0 Å². The number of amides is 1. The van der Waals surface area contributed by atoms with Crippen molar-refractivity contribution in [2.45, 2.75) is 26.3 Å². The number of aromatic nitrogens is 3. The normalized spacial score (nSPS) is 11.1. The molecule has 0 aliphatic heterocycles. The second-order valence-corrected chi connectivity index (χ2v) is 7.93. The fraction of sp³-hybridized carbons (Fsp3) is 0.217. The van der Waals surface area contributed by atoms with Gasteiger partial charge in [0.25, 0.3) is 5.56 Å². The summed E-state index contributed by atoms with van der Waals surface area (Å²) in [4.78, 5) is 33.7. The summed E-state index contributed by atoms with van der Waals surface area (Å²) in [7, 11) is 1.74. The largest absolute Gasteiger partial charge is 0.341 e. The zero-order valence-corrected chi connectivity index (χ0v) is 17.9. The Bertz CT molecular complexity index is 1290. The van der Waals surface area contributed by atoms with Crippen LogP contribution in [-0.4, -0.2) is 33.0 Å². The zero-order chi connectivity index (χ0) is 22.0. The Hall–Kier alpha value is -3.45. The number of fused-ring (bicyclic) bond motifs is 1. The zero-order valence-electron chi connectivity index (χ0n) is 17.2. The highest BCUT2D eigenvalue weighted by atomic mass is 35.5. The summed E-state index contributed by atoms with van der Waals surface area (Å²) in [5.41, 5.74) is 2.85. The van der Waals surface area contributed by atoms with E-state index in [2.05, 4.69) is 15.1 Å². The molecule has 0 atom stereocenters. The number of H-pyrrole nitrogens is 1. The summed E-state index contributed by atoms with van der Waals surface area (Å²) >= 11 is 5.89. The van der Waals surface area contributed by atoms with Gasteiger partial charge in [-0.15, -0.1) is 0 Å². The van der Waals surface area contributed by atoms with E-state index in [0.29, 0.717) is 29.4 Å². The fourth-order valence-electron chi connectivity index (χ4n) is 3.30. The summed E-state index contributed by atoms with van der Waals surface area (Å²) in [5.74, 6) is 0.473. The molecule has 1 amide bonds. The van der Waals surface area contributed by atoms with Crippen LogP contribution in [0.3, 0.4) is 0 Å². The number of carbonyl (C=O) groups excluding carboxylic acids is 1. The monoisotopic (exact) mass is 436 g/mol. The van der Waals surface area contributed by atoms with Crippen molar-refractivity contribution in [1.29, 1.82) is 0 Å². The summed E-state index contributed by atoms with van der Waals surface area (Å²) < 4.78 is 5.27. The average molecular weight is 437 g/mol. The van der Waals surface area contributed by atoms with Crippen molar-refractivity contribution in [2.24, 2.45) is 0 Å². The number of rotatable bonds is 6. The molecule has 158 valence electrons. The van der Waals surface area contributed by atoms with Crippen LogP contribution >= 0.6 is 11.6 Å². The summed E-state index contributed by atoms with van der Waals surface area (Å²) in [6.45, 7) is 2.45. The molecule has 0 aliphatic rings. The number of aromatic amines is 1. The van der Waals surface area contributed by atoms with E-state index in [1.54, 1.807) is 30.1 Å². The van der Waals surface area contributed by atoms with Crippen molar-refractivity contribution in [3.05, 3.63) is 80.9 Å². The minimum absolute atomic E-state index is 0.0476. The Morgan fingerprint density at radius 2 is 1.94 bits per heavy atom. The first kappa shape index (κ1) is 20.8. The molecule has 8 heteroatoms. The Balaban J connectivity index is 1.42. The van der Waals surface area contributed by atoms with Crippen LogP contribution in [0.25, 0.3) is 22.3 Å². The molecule has 4 aromatic rings. The van der Waals surface area contributed by atoms with Crippen molar-refractivity contribution in [1.82, 2.24) is 20.0 Å². The molecule has 0 spiro atoms. The van der Waals surface area contributed by atoms with Crippen molar-refractivity contribution in [2.75, 3.05) is 7.05 Å². The van der Waals surface area contributed by atoms with E-state index >= 15 is 0 Å². The second kappa shape index (κ2) is 8.73. The maximum Gasteiger partial charge on any atom is 0.259 e. The lowest BCUT2D eigenvalue weighted by Crippen LogP contribution is -2.26. The van der Waals surface area contributed by atoms with Gasteiger partial charge in [-0.3, -0.25) is 9.59 Å². The standard InChI is InChI=1S/C23H21ClN4O3/c1-14-3-6-16-12-18(23(30)25-19(16)11-14)22-26-20(31-27-22)9-10-21(29)28(2)13-15-4-7-17(24)8-5-15/h3-8,11-12H,9-10,13H2,1-2H3,(H,25,30). The molecule has 1 N–H and O–H groups in total. The predicted molar refractivity (Wildman–Crippen MR) is 119 cm³/mol. The molecule has 7 nitrogen and oxygen atoms in total. The van der Waals surface area contributed by atoms with Crippen LogP contribution in [0.5, 0.6) is 0 Å².